The van der Waals surface area contributed by atoms with Crippen LogP contribution in [0, 0.1) is 11.8 Å². The van der Waals surface area contributed by atoms with E-state index in [4.69, 9.17) is 4.74 Å². The van der Waals surface area contributed by atoms with Gasteiger partial charge in [-0.1, -0.05) is 27.2 Å². The average Bonchev–Trinajstić information content (AvgIpc) is 2.53. The van der Waals surface area contributed by atoms with E-state index < -0.39 is 0 Å². The number of ether oxygens (including phenoxy) is 1. The summed E-state index contributed by atoms with van der Waals surface area (Å²) < 4.78 is 5.56. The lowest BCUT2D eigenvalue weighted by molar-refractivity contribution is 0.0117. The van der Waals surface area contributed by atoms with E-state index in [2.05, 4.69) is 25.7 Å². The third-order valence-corrected chi connectivity index (χ3v) is 3.80. The summed E-state index contributed by atoms with van der Waals surface area (Å²) in [6.45, 7) is 11.0. The zero-order chi connectivity index (χ0) is 12.0. The number of aliphatic hydroxyl groups excluding tert-OH is 1. The van der Waals surface area contributed by atoms with Gasteiger partial charge in [-0.05, 0) is 18.3 Å². The molecule has 3 unspecified atom stereocenters. The molecular weight excluding hydrogens is 202 g/mol. The number of aliphatic hydroxyl groups is 1. The maximum absolute atomic E-state index is 9.17. The molecule has 0 saturated carbocycles. The van der Waals surface area contributed by atoms with Crippen molar-refractivity contribution in [3.05, 3.63) is 0 Å². The topological polar surface area (TPSA) is 32.7 Å². The van der Waals surface area contributed by atoms with Crippen LogP contribution in [0.15, 0.2) is 0 Å². The van der Waals surface area contributed by atoms with Crippen molar-refractivity contribution >= 4 is 0 Å². The lowest BCUT2D eigenvalue weighted by Crippen LogP contribution is -2.37. The van der Waals surface area contributed by atoms with Crippen LogP contribution in [0.4, 0.5) is 0 Å². The van der Waals surface area contributed by atoms with Gasteiger partial charge in [-0.3, -0.25) is 0 Å². The zero-order valence-corrected chi connectivity index (χ0v) is 11.0. The zero-order valence-electron chi connectivity index (χ0n) is 11.0. The van der Waals surface area contributed by atoms with Gasteiger partial charge in [0.25, 0.3) is 0 Å². The second-order valence-corrected chi connectivity index (χ2v) is 5.15. The molecule has 96 valence electrons. The SMILES string of the molecule is CCC(C)C(C)CN1CCCOC(CO)C1. The molecule has 16 heavy (non-hydrogen) atoms. The maximum atomic E-state index is 9.17. The molecular formula is C13H27NO2. The molecule has 1 saturated heterocycles. The first-order valence-corrected chi connectivity index (χ1v) is 6.62. The first kappa shape index (κ1) is 13.9. The van der Waals surface area contributed by atoms with E-state index >= 15 is 0 Å². The summed E-state index contributed by atoms with van der Waals surface area (Å²) in [5, 5.41) is 9.17. The van der Waals surface area contributed by atoms with Crippen molar-refractivity contribution in [3.63, 3.8) is 0 Å². The van der Waals surface area contributed by atoms with Crippen LogP contribution >= 0.6 is 0 Å². The molecule has 1 aliphatic rings. The van der Waals surface area contributed by atoms with E-state index in [9.17, 15) is 5.11 Å². The van der Waals surface area contributed by atoms with Crippen LogP contribution < -0.4 is 0 Å². The van der Waals surface area contributed by atoms with Crippen molar-refractivity contribution in [1.82, 2.24) is 4.90 Å². The van der Waals surface area contributed by atoms with Crippen molar-refractivity contribution in [3.8, 4) is 0 Å². The molecule has 3 atom stereocenters. The van der Waals surface area contributed by atoms with Gasteiger partial charge >= 0.3 is 0 Å². The highest BCUT2D eigenvalue weighted by Crippen LogP contribution is 2.17. The van der Waals surface area contributed by atoms with Gasteiger partial charge in [-0.2, -0.15) is 0 Å². The predicted octanol–water partition coefficient (Wildman–Crippen LogP) is 1.75. The molecule has 0 aromatic heterocycles. The molecule has 1 rings (SSSR count). The Morgan fingerprint density at radius 3 is 2.75 bits per heavy atom. The fourth-order valence-electron chi connectivity index (χ4n) is 2.24. The minimum absolute atomic E-state index is 0.0200. The summed E-state index contributed by atoms with van der Waals surface area (Å²) in [5.41, 5.74) is 0. The second kappa shape index (κ2) is 7.25. The molecule has 3 nitrogen and oxygen atoms in total. The Morgan fingerprint density at radius 1 is 1.38 bits per heavy atom. The van der Waals surface area contributed by atoms with Gasteiger partial charge in [0.05, 0.1) is 12.7 Å². The second-order valence-electron chi connectivity index (χ2n) is 5.15. The largest absolute Gasteiger partial charge is 0.394 e. The van der Waals surface area contributed by atoms with E-state index in [-0.39, 0.29) is 12.7 Å². The van der Waals surface area contributed by atoms with E-state index in [1.54, 1.807) is 0 Å². The molecule has 3 heteroatoms. The lowest BCUT2D eigenvalue weighted by Gasteiger charge is -2.28. The monoisotopic (exact) mass is 229 g/mol. The summed E-state index contributed by atoms with van der Waals surface area (Å²) in [4.78, 5) is 2.45. The summed E-state index contributed by atoms with van der Waals surface area (Å²) >= 11 is 0. The Hall–Kier alpha value is -0.120. The molecule has 1 fully saturated rings. The van der Waals surface area contributed by atoms with Crippen LogP contribution in [0.5, 0.6) is 0 Å². The highest BCUT2D eigenvalue weighted by Gasteiger charge is 2.21. The van der Waals surface area contributed by atoms with Crippen LogP contribution in [-0.4, -0.2) is 49.0 Å². The number of hydrogen-bond donors (Lipinski definition) is 1. The van der Waals surface area contributed by atoms with E-state index in [1.165, 1.54) is 6.42 Å². The first-order chi connectivity index (χ1) is 7.67. The number of rotatable bonds is 5. The fourth-order valence-corrected chi connectivity index (χ4v) is 2.24. The van der Waals surface area contributed by atoms with E-state index in [0.717, 1.165) is 44.5 Å². The Labute approximate surface area is 99.8 Å². The van der Waals surface area contributed by atoms with E-state index in [1.807, 2.05) is 0 Å². The summed E-state index contributed by atoms with van der Waals surface area (Å²) in [6, 6.07) is 0. The molecule has 0 spiro atoms. The van der Waals surface area contributed by atoms with Gasteiger partial charge in [0.15, 0.2) is 0 Å². The minimum Gasteiger partial charge on any atom is -0.394 e. The molecule has 0 aromatic rings. The van der Waals surface area contributed by atoms with Crippen molar-refractivity contribution in [2.75, 3.05) is 32.8 Å². The number of hydrogen-bond acceptors (Lipinski definition) is 3. The molecule has 0 radical (unpaired) electrons. The van der Waals surface area contributed by atoms with Gasteiger partial charge < -0.3 is 14.7 Å². The van der Waals surface area contributed by atoms with Gasteiger partial charge in [0, 0.05) is 26.2 Å². The summed E-state index contributed by atoms with van der Waals surface area (Å²) in [5.74, 6) is 1.50. The Morgan fingerprint density at radius 2 is 2.12 bits per heavy atom. The molecule has 0 amide bonds. The fraction of sp³-hybridized carbons (Fsp3) is 1.00. The van der Waals surface area contributed by atoms with Crippen molar-refractivity contribution in [1.29, 1.82) is 0 Å². The lowest BCUT2D eigenvalue weighted by atomic mass is 9.93. The third-order valence-electron chi connectivity index (χ3n) is 3.80. The molecule has 1 heterocycles. The molecule has 0 aromatic carbocycles. The predicted molar refractivity (Wildman–Crippen MR) is 66.5 cm³/mol. The van der Waals surface area contributed by atoms with E-state index in [0.29, 0.717) is 0 Å². The Kier molecular flexibility index (Phi) is 6.32. The van der Waals surface area contributed by atoms with Crippen LogP contribution in [0.2, 0.25) is 0 Å². The Balaban J connectivity index is 2.39. The maximum Gasteiger partial charge on any atom is 0.0932 e. The van der Waals surface area contributed by atoms with Crippen LogP contribution in [0.3, 0.4) is 0 Å². The quantitative estimate of drug-likeness (QED) is 0.779. The third kappa shape index (κ3) is 4.40. The molecule has 0 bridgehead atoms. The van der Waals surface area contributed by atoms with Gasteiger partial charge in [0.2, 0.25) is 0 Å². The van der Waals surface area contributed by atoms with Crippen LogP contribution in [-0.2, 0) is 4.74 Å². The highest BCUT2D eigenvalue weighted by atomic mass is 16.5. The smallest absolute Gasteiger partial charge is 0.0932 e. The molecule has 0 aliphatic carbocycles. The van der Waals surface area contributed by atoms with Gasteiger partial charge in [0.1, 0.15) is 0 Å². The number of nitrogens with zero attached hydrogens (tertiary/aromatic N) is 1. The first-order valence-electron chi connectivity index (χ1n) is 6.62. The molecule has 1 aliphatic heterocycles. The highest BCUT2D eigenvalue weighted by molar-refractivity contribution is 4.73. The van der Waals surface area contributed by atoms with Crippen molar-refractivity contribution in [2.24, 2.45) is 11.8 Å². The summed E-state index contributed by atoms with van der Waals surface area (Å²) in [7, 11) is 0. The van der Waals surface area contributed by atoms with Crippen molar-refractivity contribution < 1.29 is 9.84 Å². The molecule has 1 N–H and O–H groups in total. The summed E-state index contributed by atoms with van der Waals surface area (Å²) in [6.07, 6.45) is 2.35. The Bertz CT molecular complexity index is 187. The standard InChI is InChI=1S/C13H27NO2/c1-4-11(2)12(3)8-14-6-5-7-16-13(9-14)10-15/h11-13,15H,4-10H2,1-3H3. The van der Waals surface area contributed by atoms with Crippen molar-refractivity contribution in [2.45, 2.75) is 39.7 Å². The van der Waals surface area contributed by atoms with Gasteiger partial charge in [-0.15, -0.1) is 0 Å². The van der Waals surface area contributed by atoms with Gasteiger partial charge in [-0.25, -0.2) is 0 Å². The van der Waals surface area contributed by atoms with Crippen LogP contribution in [0.1, 0.15) is 33.6 Å². The van der Waals surface area contributed by atoms with Crippen LogP contribution in [0.25, 0.3) is 0 Å². The average molecular weight is 229 g/mol. The minimum atomic E-state index is 0.0200. The normalized spacial score (nSPS) is 27.4.